The molecule has 86 valence electrons. The first kappa shape index (κ1) is 11.1. The number of hydrogen-bond donors (Lipinski definition) is 2. The molecule has 1 aliphatic rings. The Kier molecular flexibility index (Phi) is 2.51. The van der Waals surface area contributed by atoms with Crippen molar-refractivity contribution in [2.24, 2.45) is 5.73 Å². The van der Waals surface area contributed by atoms with Crippen LogP contribution in [0, 0.1) is 0 Å². The molecule has 0 radical (unpaired) electrons. The van der Waals surface area contributed by atoms with Crippen molar-refractivity contribution >= 4 is 17.5 Å². The maximum absolute atomic E-state index is 12.0. The molecule has 0 saturated heterocycles. The Labute approximate surface area is 96.5 Å². The van der Waals surface area contributed by atoms with Gasteiger partial charge in [-0.3, -0.25) is 14.4 Å². The molecule has 17 heavy (non-hydrogen) atoms. The Hall–Kier alpha value is -2.43. The predicted octanol–water partition coefficient (Wildman–Crippen LogP) is 0.753. The van der Waals surface area contributed by atoms with Crippen molar-refractivity contribution in [2.45, 2.75) is 6.42 Å². The van der Waals surface area contributed by atoms with Crippen molar-refractivity contribution in [3.05, 3.63) is 46.7 Å². The predicted molar refractivity (Wildman–Crippen MR) is 58.6 cm³/mol. The fourth-order valence-electron chi connectivity index (χ4n) is 1.77. The third kappa shape index (κ3) is 1.71. The number of carboxylic acid groups (broad SMARTS) is 1. The number of hydrogen-bond acceptors (Lipinski definition) is 4. The Morgan fingerprint density at radius 2 is 1.65 bits per heavy atom. The lowest BCUT2D eigenvalue weighted by Gasteiger charge is -2.17. The zero-order chi connectivity index (χ0) is 12.6. The number of aliphatic carboxylic acids is 1. The molecule has 0 fully saturated rings. The van der Waals surface area contributed by atoms with Gasteiger partial charge in [0.15, 0.2) is 5.78 Å². The molecule has 1 aromatic carbocycles. The summed E-state index contributed by atoms with van der Waals surface area (Å²) in [6.07, 6.45) is -0.537. The SMILES string of the molecule is NC1=C(CC(=O)O)C(=O)c2ccccc2C1=O. The Bertz CT molecular complexity index is 572. The number of allylic oxidation sites excluding steroid dienone is 1. The molecule has 0 amide bonds. The van der Waals surface area contributed by atoms with Crippen LogP contribution in [0.15, 0.2) is 35.5 Å². The molecule has 0 spiro atoms. The van der Waals surface area contributed by atoms with Crippen LogP contribution in [0.4, 0.5) is 0 Å². The highest BCUT2D eigenvalue weighted by Crippen LogP contribution is 2.25. The lowest BCUT2D eigenvalue weighted by molar-refractivity contribution is -0.136. The van der Waals surface area contributed by atoms with Crippen molar-refractivity contribution < 1.29 is 19.5 Å². The Morgan fingerprint density at radius 1 is 1.12 bits per heavy atom. The number of carboxylic acids is 1. The van der Waals surface area contributed by atoms with Crippen molar-refractivity contribution in [3.8, 4) is 0 Å². The average molecular weight is 231 g/mol. The van der Waals surface area contributed by atoms with Crippen LogP contribution in [-0.2, 0) is 4.79 Å². The van der Waals surface area contributed by atoms with Gasteiger partial charge in [-0.25, -0.2) is 0 Å². The van der Waals surface area contributed by atoms with Gasteiger partial charge in [-0.2, -0.15) is 0 Å². The van der Waals surface area contributed by atoms with Crippen LogP contribution in [0.5, 0.6) is 0 Å². The van der Waals surface area contributed by atoms with E-state index in [-0.39, 0.29) is 22.4 Å². The number of ketones is 2. The number of rotatable bonds is 2. The van der Waals surface area contributed by atoms with E-state index in [0.717, 1.165) is 0 Å². The highest BCUT2D eigenvalue weighted by Gasteiger charge is 2.31. The molecule has 0 aromatic heterocycles. The van der Waals surface area contributed by atoms with Crippen LogP contribution in [0.1, 0.15) is 27.1 Å². The number of carbonyl (C=O) groups excluding carboxylic acids is 2. The number of fused-ring (bicyclic) bond motifs is 1. The molecule has 0 heterocycles. The summed E-state index contributed by atoms with van der Waals surface area (Å²) in [6.45, 7) is 0. The first-order valence-corrected chi connectivity index (χ1v) is 4.91. The summed E-state index contributed by atoms with van der Waals surface area (Å²) in [7, 11) is 0. The van der Waals surface area contributed by atoms with Crippen molar-refractivity contribution in [1.82, 2.24) is 0 Å². The Balaban J connectivity index is 2.58. The van der Waals surface area contributed by atoms with Crippen molar-refractivity contribution in [1.29, 1.82) is 0 Å². The van der Waals surface area contributed by atoms with Gasteiger partial charge in [-0.05, 0) is 0 Å². The van der Waals surface area contributed by atoms with Crippen LogP contribution < -0.4 is 5.73 Å². The van der Waals surface area contributed by atoms with Crippen LogP contribution in [0.3, 0.4) is 0 Å². The summed E-state index contributed by atoms with van der Waals surface area (Å²) in [5, 5.41) is 8.68. The normalized spacial score (nSPS) is 14.8. The molecule has 0 unspecified atom stereocenters. The van der Waals surface area contributed by atoms with E-state index in [2.05, 4.69) is 0 Å². The molecule has 0 bridgehead atoms. The second kappa shape index (κ2) is 3.86. The van der Waals surface area contributed by atoms with Crippen molar-refractivity contribution in [2.75, 3.05) is 0 Å². The summed E-state index contributed by atoms with van der Waals surface area (Å²) in [4.78, 5) is 34.4. The van der Waals surface area contributed by atoms with E-state index in [1.807, 2.05) is 0 Å². The summed E-state index contributed by atoms with van der Waals surface area (Å²) in [5.74, 6) is -2.17. The molecule has 1 aliphatic carbocycles. The zero-order valence-electron chi connectivity index (χ0n) is 8.77. The third-order valence-corrected chi connectivity index (χ3v) is 2.59. The fourth-order valence-corrected chi connectivity index (χ4v) is 1.77. The number of nitrogens with two attached hydrogens (primary N) is 1. The monoisotopic (exact) mass is 231 g/mol. The highest BCUT2D eigenvalue weighted by molar-refractivity contribution is 6.27. The molecular formula is C12H9NO4. The summed E-state index contributed by atoms with van der Waals surface area (Å²) in [6, 6.07) is 6.23. The molecule has 0 aliphatic heterocycles. The number of carbonyl (C=O) groups is 3. The van der Waals surface area contributed by atoms with Gasteiger partial charge in [0.2, 0.25) is 5.78 Å². The maximum Gasteiger partial charge on any atom is 0.308 e. The second-order valence-corrected chi connectivity index (χ2v) is 3.67. The van der Waals surface area contributed by atoms with Gasteiger partial charge < -0.3 is 10.8 Å². The lowest BCUT2D eigenvalue weighted by Crippen LogP contribution is -2.27. The molecular weight excluding hydrogens is 222 g/mol. The van der Waals surface area contributed by atoms with E-state index in [1.54, 1.807) is 12.1 Å². The third-order valence-electron chi connectivity index (χ3n) is 2.59. The number of Topliss-reactive ketones (excluding diaryl/α,β-unsaturated/α-hetero) is 2. The van der Waals surface area contributed by atoms with Gasteiger partial charge in [-0.1, -0.05) is 24.3 Å². The smallest absolute Gasteiger partial charge is 0.308 e. The Morgan fingerprint density at radius 3 is 2.18 bits per heavy atom. The van der Waals surface area contributed by atoms with Crippen molar-refractivity contribution in [3.63, 3.8) is 0 Å². The van der Waals surface area contributed by atoms with E-state index in [4.69, 9.17) is 10.8 Å². The van der Waals surface area contributed by atoms with Crippen LogP contribution in [-0.4, -0.2) is 22.6 Å². The van der Waals surface area contributed by atoms with Crippen LogP contribution in [0.25, 0.3) is 0 Å². The summed E-state index contributed by atoms with van der Waals surface area (Å²) in [5.41, 5.74) is 5.55. The molecule has 0 atom stereocenters. The van der Waals surface area contributed by atoms with E-state index in [9.17, 15) is 14.4 Å². The van der Waals surface area contributed by atoms with Crippen LogP contribution in [0.2, 0.25) is 0 Å². The first-order chi connectivity index (χ1) is 8.02. The molecule has 2 rings (SSSR count). The zero-order valence-corrected chi connectivity index (χ0v) is 8.77. The van der Waals surface area contributed by atoms with Gasteiger partial charge in [0.05, 0.1) is 12.1 Å². The van der Waals surface area contributed by atoms with Gasteiger partial charge >= 0.3 is 5.97 Å². The lowest BCUT2D eigenvalue weighted by atomic mass is 9.86. The topological polar surface area (TPSA) is 97.5 Å². The summed E-state index contributed by atoms with van der Waals surface area (Å²) >= 11 is 0. The largest absolute Gasteiger partial charge is 0.481 e. The number of benzene rings is 1. The van der Waals surface area contributed by atoms with Gasteiger partial charge in [0.1, 0.15) is 0 Å². The van der Waals surface area contributed by atoms with Gasteiger partial charge in [0.25, 0.3) is 0 Å². The highest BCUT2D eigenvalue weighted by atomic mass is 16.4. The minimum atomic E-state index is -1.19. The molecule has 3 N–H and O–H groups in total. The quantitative estimate of drug-likeness (QED) is 0.782. The molecule has 5 heteroatoms. The van der Waals surface area contributed by atoms with E-state index in [0.29, 0.717) is 0 Å². The van der Waals surface area contributed by atoms with E-state index < -0.39 is 24.0 Å². The fraction of sp³-hybridized carbons (Fsp3) is 0.0833. The second-order valence-electron chi connectivity index (χ2n) is 3.67. The molecule has 1 aromatic rings. The van der Waals surface area contributed by atoms with Gasteiger partial charge in [0, 0.05) is 16.7 Å². The van der Waals surface area contributed by atoms with Gasteiger partial charge in [-0.15, -0.1) is 0 Å². The molecule has 0 saturated carbocycles. The molecule has 5 nitrogen and oxygen atoms in total. The standard InChI is InChI=1S/C12H9NO4/c13-10-8(5-9(14)15)11(16)6-3-1-2-4-7(6)12(10)17/h1-4H,5,13H2,(H,14,15). The first-order valence-electron chi connectivity index (χ1n) is 4.91. The maximum atomic E-state index is 12.0. The van der Waals surface area contributed by atoms with E-state index in [1.165, 1.54) is 12.1 Å². The minimum Gasteiger partial charge on any atom is -0.481 e. The average Bonchev–Trinajstić information content (AvgIpc) is 2.31. The minimum absolute atomic E-state index is 0.138. The van der Waals surface area contributed by atoms with E-state index >= 15 is 0 Å². The summed E-state index contributed by atoms with van der Waals surface area (Å²) < 4.78 is 0. The van der Waals surface area contributed by atoms with Crippen LogP contribution >= 0.6 is 0 Å².